The SMILES string of the molecule is COCCCOC1CN(C(=O)c2cccc(C(=O)O)c2)C1. The number of aromatic carboxylic acids is 1. The summed E-state index contributed by atoms with van der Waals surface area (Å²) in [5.74, 6) is -1.19. The van der Waals surface area contributed by atoms with Gasteiger partial charge >= 0.3 is 5.97 Å². The van der Waals surface area contributed by atoms with Crippen LogP contribution in [0, 0.1) is 0 Å². The molecule has 1 aromatic carbocycles. The smallest absolute Gasteiger partial charge is 0.335 e. The maximum absolute atomic E-state index is 12.2. The number of likely N-dealkylation sites (tertiary alicyclic amines) is 1. The number of ether oxygens (including phenoxy) is 2. The van der Waals surface area contributed by atoms with Crippen LogP contribution in [-0.2, 0) is 9.47 Å². The van der Waals surface area contributed by atoms with E-state index in [-0.39, 0.29) is 17.6 Å². The molecule has 1 amide bonds. The minimum absolute atomic E-state index is 0.0634. The lowest BCUT2D eigenvalue weighted by Gasteiger charge is -2.39. The van der Waals surface area contributed by atoms with Gasteiger partial charge in [-0.2, -0.15) is 0 Å². The van der Waals surface area contributed by atoms with Gasteiger partial charge in [0, 0.05) is 39.0 Å². The first kappa shape index (κ1) is 15.5. The van der Waals surface area contributed by atoms with Gasteiger partial charge in [0.15, 0.2) is 0 Å². The van der Waals surface area contributed by atoms with Crippen molar-refractivity contribution >= 4 is 11.9 Å². The van der Waals surface area contributed by atoms with Crippen molar-refractivity contribution in [3.05, 3.63) is 35.4 Å². The molecule has 21 heavy (non-hydrogen) atoms. The van der Waals surface area contributed by atoms with Crippen LogP contribution in [0.4, 0.5) is 0 Å². The van der Waals surface area contributed by atoms with Crippen molar-refractivity contribution in [3.8, 4) is 0 Å². The molecule has 0 bridgehead atoms. The summed E-state index contributed by atoms with van der Waals surface area (Å²) in [6.07, 6.45) is 0.898. The molecule has 0 aromatic heterocycles. The third-order valence-corrected chi connectivity index (χ3v) is 3.34. The van der Waals surface area contributed by atoms with Gasteiger partial charge in [-0.3, -0.25) is 4.79 Å². The number of carboxylic acids is 1. The Morgan fingerprint density at radius 1 is 1.29 bits per heavy atom. The van der Waals surface area contributed by atoms with E-state index in [0.717, 1.165) is 6.42 Å². The molecule has 0 saturated carbocycles. The maximum Gasteiger partial charge on any atom is 0.335 e. The summed E-state index contributed by atoms with van der Waals surface area (Å²) in [6.45, 7) is 2.37. The fourth-order valence-electron chi connectivity index (χ4n) is 2.13. The highest BCUT2D eigenvalue weighted by Gasteiger charge is 2.31. The number of carboxylic acid groups (broad SMARTS) is 1. The Bertz CT molecular complexity index is 511. The molecule has 114 valence electrons. The molecule has 0 aliphatic carbocycles. The van der Waals surface area contributed by atoms with Gasteiger partial charge in [-0.15, -0.1) is 0 Å². The summed E-state index contributed by atoms with van der Waals surface area (Å²) in [5.41, 5.74) is 0.515. The number of benzene rings is 1. The van der Waals surface area contributed by atoms with Crippen molar-refractivity contribution in [2.45, 2.75) is 12.5 Å². The van der Waals surface area contributed by atoms with E-state index < -0.39 is 5.97 Å². The second kappa shape index (κ2) is 7.19. The van der Waals surface area contributed by atoms with Gasteiger partial charge in [-0.1, -0.05) is 6.07 Å². The van der Waals surface area contributed by atoms with Gasteiger partial charge in [0.25, 0.3) is 5.91 Å². The van der Waals surface area contributed by atoms with E-state index in [9.17, 15) is 9.59 Å². The van der Waals surface area contributed by atoms with E-state index in [4.69, 9.17) is 14.6 Å². The van der Waals surface area contributed by atoms with Gasteiger partial charge in [-0.05, 0) is 24.6 Å². The van der Waals surface area contributed by atoms with Gasteiger partial charge in [0.2, 0.25) is 0 Å². The topological polar surface area (TPSA) is 76.1 Å². The van der Waals surface area contributed by atoms with E-state index in [1.807, 2.05) is 0 Å². The molecule has 1 heterocycles. The van der Waals surface area contributed by atoms with Crippen LogP contribution in [0.25, 0.3) is 0 Å². The molecule has 1 saturated heterocycles. The largest absolute Gasteiger partial charge is 0.478 e. The Hall–Kier alpha value is -1.92. The van der Waals surface area contributed by atoms with Crippen LogP contribution in [0.3, 0.4) is 0 Å². The van der Waals surface area contributed by atoms with Crippen molar-refractivity contribution in [3.63, 3.8) is 0 Å². The number of hydrogen-bond donors (Lipinski definition) is 1. The molecule has 0 atom stereocenters. The lowest BCUT2D eigenvalue weighted by Crippen LogP contribution is -2.54. The Kier molecular flexibility index (Phi) is 5.30. The van der Waals surface area contributed by atoms with Crippen LogP contribution in [0.15, 0.2) is 24.3 Å². The highest BCUT2D eigenvalue weighted by molar-refractivity contribution is 5.97. The molecular formula is C15H19NO5. The standard InChI is InChI=1S/C15H19NO5/c1-20-6-3-7-21-13-9-16(10-13)14(17)11-4-2-5-12(8-11)15(18)19/h2,4-5,8,13H,3,6-7,9-10H2,1H3,(H,18,19). The first-order chi connectivity index (χ1) is 10.1. The highest BCUT2D eigenvalue weighted by atomic mass is 16.5. The van der Waals surface area contributed by atoms with Gasteiger partial charge in [-0.25, -0.2) is 4.79 Å². The minimum atomic E-state index is -1.03. The third kappa shape index (κ3) is 4.03. The predicted molar refractivity (Wildman–Crippen MR) is 75.5 cm³/mol. The second-order valence-corrected chi connectivity index (χ2v) is 4.94. The zero-order chi connectivity index (χ0) is 15.2. The van der Waals surface area contributed by atoms with E-state index >= 15 is 0 Å². The quantitative estimate of drug-likeness (QED) is 0.766. The summed E-state index contributed by atoms with van der Waals surface area (Å²) in [5, 5.41) is 8.93. The van der Waals surface area contributed by atoms with Crippen molar-refractivity contribution in [1.82, 2.24) is 4.90 Å². The molecule has 0 spiro atoms. The average Bonchev–Trinajstić information content (AvgIpc) is 2.44. The fraction of sp³-hybridized carbons (Fsp3) is 0.467. The molecule has 6 heteroatoms. The van der Waals surface area contributed by atoms with E-state index in [1.54, 1.807) is 24.1 Å². The van der Waals surface area contributed by atoms with E-state index in [2.05, 4.69) is 0 Å². The highest BCUT2D eigenvalue weighted by Crippen LogP contribution is 2.17. The van der Waals surface area contributed by atoms with E-state index in [1.165, 1.54) is 12.1 Å². The predicted octanol–water partition coefficient (Wildman–Crippen LogP) is 1.26. The first-order valence-electron chi connectivity index (χ1n) is 6.85. The van der Waals surface area contributed by atoms with Crippen molar-refractivity contribution < 1.29 is 24.2 Å². The molecule has 1 aliphatic heterocycles. The average molecular weight is 293 g/mol. The zero-order valence-electron chi connectivity index (χ0n) is 11.9. The second-order valence-electron chi connectivity index (χ2n) is 4.94. The van der Waals surface area contributed by atoms with Crippen LogP contribution in [0.5, 0.6) is 0 Å². The number of methoxy groups -OCH3 is 1. The molecule has 0 radical (unpaired) electrons. The molecule has 6 nitrogen and oxygen atoms in total. The monoisotopic (exact) mass is 293 g/mol. The summed E-state index contributed by atoms with van der Waals surface area (Å²) in [6, 6.07) is 6.07. The van der Waals surface area contributed by atoms with Crippen molar-refractivity contribution in [1.29, 1.82) is 0 Å². The Balaban J connectivity index is 1.81. The van der Waals surface area contributed by atoms with Gasteiger partial charge in [0.1, 0.15) is 0 Å². The molecule has 1 aliphatic rings. The van der Waals surface area contributed by atoms with Crippen LogP contribution < -0.4 is 0 Å². The number of carbonyl (C=O) groups is 2. The first-order valence-corrected chi connectivity index (χ1v) is 6.85. The Morgan fingerprint density at radius 3 is 2.67 bits per heavy atom. The maximum atomic E-state index is 12.2. The molecular weight excluding hydrogens is 274 g/mol. The lowest BCUT2D eigenvalue weighted by atomic mass is 10.1. The summed E-state index contributed by atoms with van der Waals surface area (Å²) in [7, 11) is 1.65. The van der Waals surface area contributed by atoms with E-state index in [0.29, 0.717) is 31.9 Å². The third-order valence-electron chi connectivity index (χ3n) is 3.34. The number of rotatable bonds is 7. The van der Waals surface area contributed by atoms with Crippen LogP contribution in [0.1, 0.15) is 27.1 Å². The number of carbonyl (C=O) groups excluding carboxylic acids is 1. The molecule has 1 aromatic rings. The number of hydrogen-bond acceptors (Lipinski definition) is 4. The van der Waals surface area contributed by atoms with Crippen LogP contribution in [0.2, 0.25) is 0 Å². The lowest BCUT2D eigenvalue weighted by molar-refractivity contribution is -0.0464. The summed E-state index contributed by atoms with van der Waals surface area (Å²) < 4.78 is 10.5. The number of amides is 1. The molecule has 2 rings (SSSR count). The zero-order valence-corrected chi connectivity index (χ0v) is 11.9. The normalized spacial score (nSPS) is 14.8. The summed E-state index contributed by atoms with van der Waals surface area (Å²) in [4.78, 5) is 24.7. The Morgan fingerprint density at radius 2 is 2.00 bits per heavy atom. The fourth-order valence-corrected chi connectivity index (χ4v) is 2.13. The van der Waals surface area contributed by atoms with Crippen molar-refractivity contribution in [2.24, 2.45) is 0 Å². The van der Waals surface area contributed by atoms with Crippen LogP contribution >= 0.6 is 0 Å². The molecule has 1 N–H and O–H groups in total. The van der Waals surface area contributed by atoms with Gasteiger partial charge in [0.05, 0.1) is 11.7 Å². The molecule has 1 fully saturated rings. The number of nitrogens with zero attached hydrogens (tertiary/aromatic N) is 1. The summed E-state index contributed by atoms with van der Waals surface area (Å²) >= 11 is 0. The Labute approximate surface area is 123 Å². The van der Waals surface area contributed by atoms with Crippen LogP contribution in [-0.4, -0.2) is 61.4 Å². The van der Waals surface area contributed by atoms with Gasteiger partial charge < -0.3 is 19.5 Å². The van der Waals surface area contributed by atoms with Crippen molar-refractivity contribution in [2.75, 3.05) is 33.4 Å². The minimum Gasteiger partial charge on any atom is -0.478 e. The molecule has 0 unspecified atom stereocenters.